The monoisotopic (exact) mass is 526 g/mol. The van der Waals surface area contributed by atoms with Crippen LogP contribution in [0.15, 0.2) is 54.6 Å². The molecule has 1 fully saturated rings. The van der Waals surface area contributed by atoms with Crippen molar-refractivity contribution in [2.75, 3.05) is 13.0 Å². The third-order valence-electron chi connectivity index (χ3n) is 7.14. The minimum atomic E-state index is -3.42. The molecule has 0 bridgehead atoms. The Balaban J connectivity index is 1.31. The number of phenolic OH excluding ortho intramolecular Hbond substituents is 1. The molecule has 2 aliphatic rings. The molecule has 5 nitrogen and oxygen atoms in total. The Hall–Kier alpha value is -2.30. The minimum Gasteiger partial charge on any atom is -0.508 e. The molecular weight excluding hydrogens is 495 g/mol. The van der Waals surface area contributed by atoms with E-state index in [2.05, 4.69) is 32.9 Å². The van der Waals surface area contributed by atoms with Gasteiger partial charge in [0.25, 0.3) is 0 Å². The maximum absolute atomic E-state index is 13.3. The third kappa shape index (κ3) is 5.21. The van der Waals surface area contributed by atoms with Gasteiger partial charge in [-0.05, 0) is 89.4 Å². The first-order valence-electron chi connectivity index (χ1n) is 12.5. The molecule has 0 saturated carbocycles. The van der Waals surface area contributed by atoms with E-state index < -0.39 is 7.60 Å². The molecule has 0 amide bonds. The van der Waals surface area contributed by atoms with E-state index in [1.165, 1.54) is 16.7 Å². The number of hydrogen-bond acceptors (Lipinski definition) is 5. The van der Waals surface area contributed by atoms with Gasteiger partial charge in [0.15, 0.2) is 6.35 Å². The largest absolute Gasteiger partial charge is 0.508 e. The maximum atomic E-state index is 13.3. The van der Waals surface area contributed by atoms with Crippen LogP contribution in [0.25, 0.3) is 0 Å². The van der Waals surface area contributed by atoms with Gasteiger partial charge in [0.2, 0.25) is 0 Å². The van der Waals surface area contributed by atoms with E-state index in [9.17, 15) is 9.67 Å². The predicted octanol–water partition coefficient (Wildman–Crippen LogP) is 8.26. The summed E-state index contributed by atoms with van der Waals surface area (Å²) in [6.07, 6.45) is 2.09. The number of aromatic hydroxyl groups is 1. The van der Waals surface area contributed by atoms with Crippen LogP contribution in [0.5, 0.6) is 11.5 Å². The summed E-state index contributed by atoms with van der Waals surface area (Å²) in [6.45, 7) is 6.63. The number of fused-ring (bicyclic) bond motifs is 1. The summed E-state index contributed by atoms with van der Waals surface area (Å²) >= 11 is 6.12. The van der Waals surface area contributed by atoms with Crippen molar-refractivity contribution in [1.82, 2.24) is 0 Å². The molecule has 190 valence electrons. The summed E-state index contributed by atoms with van der Waals surface area (Å²) in [4.78, 5) is 0. The lowest BCUT2D eigenvalue weighted by Gasteiger charge is -2.30. The Kier molecular flexibility index (Phi) is 7.20. The molecule has 5 rings (SSSR count). The summed E-state index contributed by atoms with van der Waals surface area (Å²) in [5.41, 5.74) is 6.81. The van der Waals surface area contributed by atoms with E-state index in [0.717, 1.165) is 29.5 Å². The van der Waals surface area contributed by atoms with Gasteiger partial charge in [-0.2, -0.15) is 0 Å². The summed E-state index contributed by atoms with van der Waals surface area (Å²) in [7, 11) is -3.42. The van der Waals surface area contributed by atoms with E-state index in [4.69, 9.17) is 25.4 Å². The molecule has 3 aromatic rings. The van der Waals surface area contributed by atoms with Crippen molar-refractivity contribution in [2.24, 2.45) is 0 Å². The molecule has 3 aromatic carbocycles. The highest BCUT2D eigenvalue weighted by Crippen LogP contribution is 2.56. The van der Waals surface area contributed by atoms with Crippen LogP contribution in [0.1, 0.15) is 78.0 Å². The lowest BCUT2D eigenvalue weighted by molar-refractivity contribution is 0.0725. The van der Waals surface area contributed by atoms with Crippen LogP contribution in [0.4, 0.5) is 0 Å². The number of benzene rings is 3. The highest BCUT2D eigenvalue weighted by molar-refractivity contribution is 7.53. The van der Waals surface area contributed by atoms with Gasteiger partial charge in [-0.1, -0.05) is 49.7 Å². The molecule has 1 aliphatic heterocycles. The van der Waals surface area contributed by atoms with E-state index in [0.29, 0.717) is 29.5 Å². The number of aryl methyl sites for hydroxylation is 2. The fourth-order valence-electron chi connectivity index (χ4n) is 5.39. The molecule has 3 atom stereocenters. The Morgan fingerprint density at radius 1 is 1.11 bits per heavy atom. The maximum Gasteiger partial charge on any atom is 0.368 e. The second-order valence-electron chi connectivity index (χ2n) is 10.0. The molecule has 0 radical (unpaired) electrons. The first-order chi connectivity index (χ1) is 17.2. The van der Waals surface area contributed by atoms with Gasteiger partial charge in [0, 0.05) is 17.4 Å². The van der Waals surface area contributed by atoms with Crippen LogP contribution in [0.3, 0.4) is 0 Å². The minimum absolute atomic E-state index is 0.137. The summed E-state index contributed by atoms with van der Waals surface area (Å²) in [6, 6.07) is 17.5. The average molecular weight is 527 g/mol. The van der Waals surface area contributed by atoms with Crippen LogP contribution in [-0.4, -0.2) is 18.1 Å². The second kappa shape index (κ2) is 10.2. The third-order valence-corrected chi connectivity index (χ3v) is 8.97. The summed E-state index contributed by atoms with van der Waals surface area (Å²) < 4.78 is 30.8. The summed E-state index contributed by atoms with van der Waals surface area (Å²) in [5, 5.41) is 10.9. The van der Waals surface area contributed by atoms with E-state index in [-0.39, 0.29) is 24.3 Å². The van der Waals surface area contributed by atoms with Crippen LogP contribution in [0, 0.1) is 6.92 Å². The Labute approximate surface area is 217 Å². The number of rotatable bonds is 6. The van der Waals surface area contributed by atoms with Gasteiger partial charge >= 0.3 is 7.60 Å². The van der Waals surface area contributed by atoms with Crippen molar-refractivity contribution in [3.05, 3.63) is 93.0 Å². The molecule has 1 saturated heterocycles. The van der Waals surface area contributed by atoms with Crippen molar-refractivity contribution in [3.8, 4) is 11.5 Å². The highest BCUT2D eigenvalue weighted by Gasteiger charge is 2.36. The van der Waals surface area contributed by atoms with Crippen LogP contribution in [-0.2, 0) is 20.0 Å². The quantitative estimate of drug-likeness (QED) is 0.327. The fourth-order valence-corrected chi connectivity index (χ4v) is 7.09. The van der Waals surface area contributed by atoms with Gasteiger partial charge in [0.1, 0.15) is 11.5 Å². The Morgan fingerprint density at radius 3 is 2.72 bits per heavy atom. The lowest BCUT2D eigenvalue weighted by Crippen LogP contribution is -2.17. The number of halogens is 1. The van der Waals surface area contributed by atoms with Gasteiger partial charge < -0.3 is 14.4 Å². The number of hydrogen-bond donors (Lipinski definition) is 1. The zero-order valence-electron chi connectivity index (χ0n) is 20.9. The fraction of sp³-hybridized carbons (Fsp3) is 0.379. The van der Waals surface area contributed by atoms with Crippen molar-refractivity contribution >= 4 is 19.2 Å². The average Bonchev–Trinajstić information content (AvgIpc) is 3.28. The van der Waals surface area contributed by atoms with Crippen molar-refractivity contribution in [2.45, 2.75) is 58.0 Å². The zero-order valence-corrected chi connectivity index (χ0v) is 22.5. The smallest absolute Gasteiger partial charge is 0.368 e. The summed E-state index contributed by atoms with van der Waals surface area (Å²) in [5.74, 6) is 1.57. The molecule has 1 N–H and O–H groups in total. The molecule has 0 aromatic heterocycles. The van der Waals surface area contributed by atoms with Crippen LogP contribution < -0.4 is 4.74 Å². The molecule has 36 heavy (non-hydrogen) atoms. The highest BCUT2D eigenvalue weighted by atomic mass is 35.5. The molecule has 1 aliphatic carbocycles. The van der Waals surface area contributed by atoms with E-state index in [1.807, 2.05) is 36.4 Å². The molecule has 7 heteroatoms. The standard InChI is InChI=1S/C29H32ClO5P/c1-18(2)26-16-20(8-10-27(26)31)25-9-7-22-15-24(13-19(3)29(22)25)33-17-36(32)34-12-11-28(35-36)21-5-4-6-23(30)14-21/h4-6,8,10,13-16,18,25,28,31H,7,9,11-12,17H2,1-3H3/t25-,28-,36?/m0/s1. The van der Waals surface area contributed by atoms with Crippen molar-refractivity contribution < 1.29 is 23.5 Å². The SMILES string of the molecule is Cc1cc(OCP2(=O)OCC[C@@H](c3cccc(Cl)c3)O2)cc2c1[C@H](c1ccc(O)c(C(C)C)c1)CC2. The second-order valence-corrected chi connectivity index (χ2v) is 12.4. The van der Waals surface area contributed by atoms with Crippen molar-refractivity contribution in [1.29, 1.82) is 0 Å². The van der Waals surface area contributed by atoms with Gasteiger partial charge in [-0.3, -0.25) is 9.09 Å². The molecule has 0 spiro atoms. The zero-order chi connectivity index (χ0) is 25.4. The Bertz CT molecular complexity index is 1320. The Morgan fingerprint density at radius 2 is 1.94 bits per heavy atom. The van der Waals surface area contributed by atoms with Gasteiger partial charge in [-0.15, -0.1) is 0 Å². The first-order valence-corrected chi connectivity index (χ1v) is 14.6. The first kappa shape index (κ1) is 25.4. The van der Waals surface area contributed by atoms with Crippen LogP contribution >= 0.6 is 19.2 Å². The predicted molar refractivity (Wildman–Crippen MR) is 142 cm³/mol. The van der Waals surface area contributed by atoms with Crippen LogP contribution in [0.2, 0.25) is 5.02 Å². The van der Waals surface area contributed by atoms with E-state index >= 15 is 0 Å². The normalized spacial score (nSPS) is 23.6. The molecular formula is C29H32ClO5P. The topological polar surface area (TPSA) is 65.0 Å². The van der Waals surface area contributed by atoms with Gasteiger partial charge in [0.05, 0.1) is 12.7 Å². The molecule has 1 heterocycles. The lowest BCUT2D eigenvalue weighted by atomic mass is 9.87. The van der Waals surface area contributed by atoms with Crippen molar-refractivity contribution in [3.63, 3.8) is 0 Å². The van der Waals surface area contributed by atoms with E-state index in [1.54, 1.807) is 6.07 Å². The number of phenols is 1. The number of ether oxygens (including phenoxy) is 1. The molecule has 1 unspecified atom stereocenters. The van der Waals surface area contributed by atoms with Gasteiger partial charge in [-0.25, -0.2) is 0 Å².